The SMILES string of the molecule is CC(C)(C)c1cc(C(C)(C)C)n(C(=O)c2ccc(Cl)cc2)n1. The molecule has 0 bridgehead atoms. The van der Waals surface area contributed by atoms with Crippen molar-refractivity contribution in [3.63, 3.8) is 0 Å². The van der Waals surface area contributed by atoms with Crippen LogP contribution < -0.4 is 0 Å². The normalized spacial score (nSPS) is 12.5. The monoisotopic (exact) mass is 318 g/mol. The van der Waals surface area contributed by atoms with Gasteiger partial charge in [0.2, 0.25) is 0 Å². The van der Waals surface area contributed by atoms with Crippen LogP contribution in [0.15, 0.2) is 30.3 Å². The second kappa shape index (κ2) is 5.54. The smallest absolute Gasteiger partial charge is 0.267 e. The fraction of sp³-hybridized carbons (Fsp3) is 0.444. The molecule has 0 radical (unpaired) electrons. The Morgan fingerprint density at radius 2 is 1.55 bits per heavy atom. The molecule has 0 saturated carbocycles. The third-order valence-corrected chi connectivity index (χ3v) is 3.78. The van der Waals surface area contributed by atoms with Gasteiger partial charge in [0, 0.05) is 21.4 Å². The van der Waals surface area contributed by atoms with Gasteiger partial charge in [-0.1, -0.05) is 53.1 Å². The van der Waals surface area contributed by atoms with Gasteiger partial charge in [-0.2, -0.15) is 9.78 Å². The Morgan fingerprint density at radius 1 is 1.00 bits per heavy atom. The molecule has 0 aliphatic rings. The first-order chi connectivity index (χ1) is 10.00. The van der Waals surface area contributed by atoms with Crippen molar-refractivity contribution in [2.24, 2.45) is 0 Å². The number of benzene rings is 1. The summed E-state index contributed by atoms with van der Waals surface area (Å²) >= 11 is 5.90. The van der Waals surface area contributed by atoms with Crippen LogP contribution in [0.4, 0.5) is 0 Å². The average molecular weight is 319 g/mol. The van der Waals surface area contributed by atoms with Crippen LogP contribution in [-0.4, -0.2) is 15.7 Å². The quantitative estimate of drug-likeness (QED) is 0.755. The molecule has 0 unspecified atom stereocenters. The summed E-state index contributed by atoms with van der Waals surface area (Å²) in [5.74, 6) is -0.128. The molecule has 22 heavy (non-hydrogen) atoms. The van der Waals surface area contributed by atoms with E-state index in [-0.39, 0.29) is 16.7 Å². The molecular formula is C18H23ClN2O. The highest BCUT2D eigenvalue weighted by Gasteiger charge is 2.28. The molecule has 0 N–H and O–H groups in total. The molecule has 118 valence electrons. The minimum atomic E-state index is -0.168. The zero-order valence-corrected chi connectivity index (χ0v) is 14.8. The molecule has 0 saturated heterocycles. The standard InChI is InChI=1S/C18H23ClN2O/c1-17(2,3)14-11-15(18(4,5)6)21(20-14)16(22)12-7-9-13(19)10-8-12/h7-11H,1-6H3. The van der Waals surface area contributed by atoms with E-state index in [1.165, 1.54) is 4.68 Å². The summed E-state index contributed by atoms with van der Waals surface area (Å²) < 4.78 is 1.53. The van der Waals surface area contributed by atoms with E-state index in [0.29, 0.717) is 10.6 Å². The Morgan fingerprint density at radius 3 is 2.00 bits per heavy atom. The molecule has 2 aromatic rings. The minimum absolute atomic E-state index is 0.106. The molecule has 0 amide bonds. The first-order valence-electron chi connectivity index (χ1n) is 7.41. The number of aromatic nitrogens is 2. The molecule has 0 aliphatic carbocycles. The molecule has 0 aliphatic heterocycles. The molecule has 0 fully saturated rings. The van der Waals surface area contributed by atoms with Gasteiger partial charge < -0.3 is 0 Å². The van der Waals surface area contributed by atoms with Crippen molar-refractivity contribution < 1.29 is 4.79 Å². The molecule has 4 heteroatoms. The molecule has 1 heterocycles. The zero-order chi connectivity index (χ0) is 16.7. The van der Waals surface area contributed by atoms with Crippen LogP contribution in [0.3, 0.4) is 0 Å². The summed E-state index contributed by atoms with van der Waals surface area (Å²) in [5.41, 5.74) is 2.14. The number of halogens is 1. The first-order valence-corrected chi connectivity index (χ1v) is 7.79. The van der Waals surface area contributed by atoms with E-state index in [1.807, 2.05) is 6.07 Å². The summed E-state index contributed by atoms with van der Waals surface area (Å²) in [6.07, 6.45) is 0. The number of hydrogen-bond acceptors (Lipinski definition) is 2. The van der Waals surface area contributed by atoms with E-state index in [9.17, 15) is 4.79 Å². The topological polar surface area (TPSA) is 34.9 Å². The maximum Gasteiger partial charge on any atom is 0.278 e. The molecule has 3 nitrogen and oxygen atoms in total. The first kappa shape index (κ1) is 16.8. The summed E-state index contributed by atoms with van der Waals surface area (Å²) in [6, 6.07) is 8.94. The van der Waals surface area contributed by atoms with Crippen molar-refractivity contribution in [1.29, 1.82) is 0 Å². The van der Waals surface area contributed by atoms with Crippen LogP contribution in [0.2, 0.25) is 5.02 Å². The minimum Gasteiger partial charge on any atom is -0.267 e. The Kier molecular flexibility index (Phi) is 4.22. The van der Waals surface area contributed by atoms with Crippen molar-refractivity contribution in [1.82, 2.24) is 9.78 Å². The summed E-state index contributed by atoms with van der Waals surface area (Å²) in [5, 5.41) is 5.20. The summed E-state index contributed by atoms with van der Waals surface area (Å²) in [4.78, 5) is 12.8. The van der Waals surface area contributed by atoms with Crippen molar-refractivity contribution in [3.05, 3.63) is 52.3 Å². The molecular weight excluding hydrogens is 296 g/mol. The Balaban J connectivity index is 2.56. The molecule has 1 aromatic carbocycles. The van der Waals surface area contributed by atoms with E-state index in [2.05, 4.69) is 46.6 Å². The lowest BCUT2D eigenvalue weighted by molar-refractivity contribution is 0.0936. The number of carbonyl (C=O) groups is 1. The van der Waals surface area contributed by atoms with Crippen molar-refractivity contribution >= 4 is 17.5 Å². The van der Waals surface area contributed by atoms with Crippen LogP contribution in [0.25, 0.3) is 0 Å². The van der Waals surface area contributed by atoms with Crippen LogP contribution in [0.1, 0.15) is 63.3 Å². The largest absolute Gasteiger partial charge is 0.278 e. The van der Waals surface area contributed by atoms with Crippen LogP contribution in [-0.2, 0) is 10.8 Å². The third-order valence-electron chi connectivity index (χ3n) is 3.53. The Bertz CT molecular complexity index is 685. The number of nitrogens with zero attached hydrogens (tertiary/aromatic N) is 2. The number of rotatable bonds is 1. The van der Waals surface area contributed by atoms with Crippen molar-refractivity contribution in [2.75, 3.05) is 0 Å². The van der Waals surface area contributed by atoms with Gasteiger partial charge in [-0.25, -0.2) is 0 Å². The van der Waals surface area contributed by atoms with E-state index in [0.717, 1.165) is 11.4 Å². The van der Waals surface area contributed by atoms with Crippen molar-refractivity contribution in [2.45, 2.75) is 52.4 Å². The average Bonchev–Trinajstić information content (AvgIpc) is 2.83. The summed E-state index contributed by atoms with van der Waals surface area (Å²) in [7, 11) is 0. The molecule has 2 rings (SSSR count). The van der Waals surface area contributed by atoms with Crippen LogP contribution >= 0.6 is 11.6 Å². The van der Waals surface area contributed by atoms with Gasteiger partial charge in [0.05, 0.1) is 11.4 Å². The Hall–Kier alpha value is -1.61. The highest BCUT2D eigenvalue weighted by atomic mass is 35.5. The fourth-order valence-corrected chi connectivity index (χ4v) is 2.28. The van der Waals surface area contributed by atoms with Gasteiger partial charge in [0.15, 0.2) is 0 Å². The lowest BCUT2D eigenvalue weighted by Crippen LogP contribution is -2.24. The molecule has 1 aromatic heterocycles. The van der Waals surface area contributed by atoms with Gasteiger partial charge in [-0.05, 0) is 30.3 Å². The second-order valence-electron chi connectivity index (χ2n) is 7.64. The van der Waals surface area contributed by atoms with E-state index < -0.39 is 0 Å². The van der Waals surface area contributed by atoms with Gasteiger partial charge in [-0.3, -0.25) is 4.79 Å². The lowest BCUT2D eigenvalue weighted by atomic mass is 9.88. The second-order valence-corrected chi connectivity index (χ2v) is 8.08. The predicted octanol–water partition coefficient (Wildman–Crippen LogP) is 4.82. The predicted molar refractivity (Wildman–Crippen MR) is 90.8 cm³/mol. The molecule has 0 atom stereocenters. The number of carbonyl (C=O) groups excluding carboxylic acids is 1. The van der Waals surface area contributed by atoms with Gasteiger partial charge in [-0.15, -0.1) is 0 Å². The van der Waals surface area contributed by atoms with E-state index in [1.54, 1.807) is 24.3 Å². The third kappa shape index (κ3) is 3.41. The van der Waals surface area contributed by atoms with Crippen molar-refractivity contribution in [3.8, 4) is 0 Å². The maximum atomic E-state index is 12.8. The van der Waals surface area contributed by atoms with E-state index >= 15 is 0 Å². The van der Waals surface area contributed by atoms with Crippen LogP contribution in [0, 0.1) is 0 Å². The van der Waals surface area contributed by atoms with Crippen LogP contribution in [0.5, 0.6) is 0 Å². The van der Waals surface area contributed by atoms with Gasteiger partial charge in [0.25, 0.3) is 5.91 Å². The lowest BCUT2D eigenvalue weighted by Gasteiger charge is -2.19. The van der Waals surface area contributed by atoms with Gasteiger partial charge >= 0.3 is 0 Å². The highest BCUT2D eigenvalue weighted by Crippen LogP contribution is 2.29. The fourth-order valence-electron chi connectivity index (χ4n) is 2.15. The summed E-state index contributed by atoms with van der Waals surface area (Å²) in [6.45, 7) is 12.5. The zero-order valence-electron chi connectivity index (χ0n) is 14.1. The number of hydrogen-bond donors (Lipinski definition) is 0. The Labute approximate surface area is 137 Å². The maximum absolute atomic E-state index is 12.8. The molecule has 0 spiro atoms. The van der Waals surface area contributed by atoms with E-state index in [4.69, 9.17) is 11.6 Å². The highest BCUT2D eigenvalue weighted by molar-refractivity contribution is 6.30. The van der Waals surface area contributed by atoms with Gasteiger partial charge in [0.1, 0.15) is 0 Å².